The summed E-state index contributed by atoms with van der Waals surface area (Å²) in [7, 11) is 0. The number of aryl methyl sites for hydroxylation is 1. The molecular formula is C20H23F3N2O2. The van der Waals surface area contributed by atoms with Crippen LogP contribution in [0.4, 0.5) is 18.9 Å². The SMILES string of the molecule is O=C(C1CC1)N1CCC(C(=O)N2CCCc3cc(C(F)(F)F)ccc32)CC1. The van der Waals surface area contributed by atoms with E-state index in [-0.39, 0.29) is 23.7 Å². The molecule has 4 nitrogen and oxygen atoms in total. The normalized spacial score (nSPS) is 21.1. The van der Waals surface area contributed by atoms with Crippen LogP contribution >= 0.6 is 0 Å². The zero-order valence-corrected chi connectivity index (χ0v) is 15.1. The van der Waals surface area contributed by atoms with Crippen LogP contribution in [-0.4, -0.2) is 36.3 Å². The number of benzene rings is 1. The minimum atomic E-state index is -4.37. The molecule has 0 N–H and O–H groups in total. The Labute approximate surface area is 156 Å². The van der Waals surface area contributed by atoms with Crippen LogP contribution in [0.25, 0.3) is 0 Å². The fourth-order valence-electron chi connectivity index (χ4n) is 4.16. The van der Waals surface area contributed by atoms with Crippen molar-refractivity contribution < 1.29 is 22.8 Å². The summed E-state index contributed by atoms with van der Waals surface area (Å²) in [5.41, 5.74) is 0.531. The van der Waals surface area contributed by atoms with Gasteiger partial charge in [0.25, 0.3) is 0 Å². The number of fused-ring (bicyclic) bond motifs is 1. The standard InChI is InChI=1S/C20H23F3N2O2/c21-20(22,23)16-5-6-17-15(12-16)2-1-9-25(17)19(27)14-7-10-24(11-8-14)18(26)13-3-4-13/h5-6,12-14H,1-4,7-11H2. The highest BCUT2D eigenvalue weighted by atomic mass is 19.4. The lowest BCUT2D eigenvalue weighted by Gasteiger charge is -2.36. The summed E-state index contributed by atoms with van der Waals surface area (Å²) in [6.07, 6.45) is 0.0521. The maximum Gasteiger partial charge on any atom is 0.416 e. The second-order valence-corrected chi connectivity index (χ2v) is 7.81. The second-order valence-electron chi connectivity index (χ2n) is 7.81. The quantitative estimate of drug-likeness (QED) is 0.786. The number of carbonyl (C=O) groups excluding carboxylic acids is 2. The number of carbonyl (C=O) groups is 2. The van der Waals surface area contributed by atoms with Crippen molar-refractivity contribution in [2.45, 2.75) is 44.7 Å². The van der Waals surface area contributed by atoms with E-state index in [1.165, 1.54) is 12.1 Å². The van der Waals surface area contributed by atoms with Gasteiger partial charge in [-0.1, -0.05) is 0 Å². The fourth-order valence-corrected chi connectivity index (χ4v) is 4.16. The number of piperidine rings is 1. The number of alkyl halides is 3. The number of amides is 2. The zero-order chi connectivity index (χ0) is 19.2. The van der Waals surface area contributed by atoms with E-state index >= 15 is 0 Å². The van der Waals surface area contributed by atoms with Gasteiger partial charge in [0.1, 0.15) is 0 Å². The molecule has 0 spiro atoms. The lowest BCUT2D eigenvalue weighted by Crippen LogP contribution is -2.46. The average Bonchev–Trinajstić information content (AvgIpc) is 3.50. The van der Waals surface area contributed by atoms with Crippen molar-refractivity contribution in [3.8, 4) is 0 Å². The van der Waals surface area contributed by atoms with Gasteiger partial charge in [-0.25, -0.2) is 0 Å². The monoisotopic (exact) mass is 380 g/mol. The molecule has 1 aromatic carbocycles. The number of anilines is 1. The van der Waals surface area contributed by atoms with Gasteiger partial charge in [-0.2, -0.15) is 13.2 Å². The lowest BCUT2D eigenvalue weighted by molar-refractivity contribution is -0.137. The summed E-state index contributed by atoms with van der Waals surface area (Å²) < 4.78 is 38.9. The molecule has 2 aliphatic heterocycles. The molecule has 1 saturated heterocycles. The van der Waals surface area contributed by atoms with Crippen molar-refractivity contribution in [2.75, 3.05) is 24.5 Å². The minimum Gasteiger partial charge on any atom is -0.342 e. The Bertz CT molecular complexity index is 750. The van der Waals surface area contributed by atoms with Crippen LogP contribution in [0.15, 0.2) is 18.2 Å². The van der Waals surface area contributed by atoms with Gasteiger partial charge in [-0.15, -0.1) is 0 Å². The first-order chi connectivity index (χ1) is 12.8. The molecule has 2 fully saturated rings. The van der Waals surface area contributed by atoms with Gasteiger partial charge in [0.05, 0.1) is 5.56 Å². The largest absolute Gasteiger partial charge is 0.416 e. The van der Waals surface area contributed by atoms with Crippen molar-refractivity contribution in [1.82, 2.24) is 4.90 Å². The van der Waals surface area contributed by atoms with Crippen LogP contribution in [0.5, 0.6) is 0 Å². The molecule has 2 heterocycles. The molecule has 4 rings (SSSR count). The van der Waals surface area contributed by atoms with E-state index in [0.717, 1.165) is 18.9 Å². The number of nitrogens with zero attached hydrogens (tertiary/aromatic N) is 2. The van der Waals surface area contributed by atoms with Gasteiger partial charge < -0.3 is 9.80 Å². The predicted molar refractivity (Wildman–Crippen MR) is 94.1 cm³/mol. The van der Waals surface area contributed by atoms with Crippen molar-refractivity contribution in [3.05, 3.63) is 29.3 Å². The van der Waals surface area contributed by atoms with Crippen molar-refractivity contribution in [3.63, 3.8) is 0 Å². The summed E-state index contributed by atoms with van der Waals surface area (Å²) in [5, 5.41) is 0. The Balaban J connectivity index is 1.45. The van der Waals surface area contributed by atoms with Crippen LogP contribution in [0.2, 0.25) is 0 Å². The number of likely N-dealkylation sites (tertiary alicyclic amines) is 1. The summed E-state index contributed by atoms with van der Waals surface area (Å²) >= 11 is 0. The summed E-state index contributed by atoms with van der Waals surface area (Å²) in [6, 6.07) is 3.66. The van der Waals surface area contributed by atoms with Crippen LogP contribution in [0.1, 0.15) is 43.2 Å². The highest BCUT2D eigenvalue weighted by molar-refractivity contribution is 5.96. The molecule has 0 radical (unpaired) electrons. The highest BCUT2D eigenvalue weighted by Crippen LogP contribution is 2.37. The van der Waals surface area contributed by atoms with Crippen LogP contribution < -0.4 is 4.90 Å². The van der Waals surface area contributed by atoms with Crippen LogP contribution in [-0.2, 0) is 22.2 Å². The first-order valence-electron chi connectivity index (χ1n) is 9.65. The molecule has 146 valence electrons. The van der Waals surface area contributed by atoms with E-state index in [0.29, 0.717) is 56.6 Å². The lowest BCUT2D eigenvalue weighted by atomic mass is 9.92. The van der Waals surface area contributed by atoms with Gasteiger partial charge in [0.15, 0.2) is 0 Å². The summed E-state index contributed by atoms with van der Waals surface area (Å²) in [5.74, 6) is 0.216. The molecule has 0 unspecified atom stereocenters. The number of halogens is 3. The molecule has 0 bridgehead atoms. The first-order valence-corrected chi connectivity index (χ1v) is 9.65. The van der Waals surface area contributed by atoms with Gasteiger partial charge in [-0.05, 0) is 62.3 Å². The zero-order valence-electron chi connectivity index (χ0n) is 15.1. The molecule has 2 amide bonds. The average molecular weight is 380 g/mol. The van der Waals surface area contributed by atoms with Gasteiger partial charge in [-0.3, -0.25) is 9.59 Å². The molecular weight excluding hydrogens is 357 g/mol. The minimum absolute atomic E-state index is 0.0192. The maximum absolute atomic E-state index is 13.0. The first kappa shape index (κ1) is 18.3. The molecule has 1 aromatic rings. The van der Waals surface area contributed by atoms with Gasteiger partial charge in [0.2, 0.25) is 11.8 Å². The fraction of sp³-hybridized carbons (Fsp3) is 0.600. The van der Waals surface area contributed by atoms with E-state index in [9.17, 15) is 22.8 Å². The van der Waals surface area contributed by atoms with E-state index in [4.69, 9.17) is 0 Å². The van der Waals surface area contributed by atoms with E-state index in [2.05, 4.69) is 0 Å². The van der Waals surface area contributed by atoms with Crippen molar-refractivity contribution in [2.24, 2.45) is 11.8 Å². The maximum atomic E-state index is 13.0. The van der Waals surface area contributed by atoms with Crippen molar-refractivity contribution >= 4 is 17.5 Å². The second kappa shape index (κ2) is 6.84. The molecule has 1 saturated carbocycles. The van der Waals surface area contributed by atoms with E-state index < -0.39 is 11.7 Å². The Morgan fingerprint density at radius 1 is 0.926 bits per heavy atom. The van der Waals surface area contributed by atoms with Crippen LogP contribution in [0.3, 0.4) is 0 Å². The Morgan fingerprint density at radius 2 is 1.59 bits per heavy atom. The Hall–Kier alpha value is -2.05. The summed E-state index contributed by atoms with van der Waals surface area (Å²) in [6.45, 7) is 1.73. The van der Waals surface area contributed by atoms with Crippen molar-refractivity contribution in [1.29, 1.82) is 0 Å². The predicted octanol–water partition coefficient (Wildman–Crippen LogP) is 3.63. The van der Waals surface area contributed by atoms with Crippen LogP contribution in [0, 0.1) is 11.8 Å². The van der Waals surface area contributed by atoms with Gasteiger partial charge in [0, 0.05) is 37.2 Å². The molecule has 0 aromatic heterocycles. The van der Waals surface area contributed by atoms with E-state index in [1.807, 2.05) is 4.90 Å². The number of hydrogen-bond donors (Lipinski definition) is 0. The van der Waals surface area contributed by atoms with Gasteiger partial charge >= 0.3 is 6.18 Å². The smallest absolute Gasteiger partial charge is 0.342 e. The molecule has 1 aliphatic carbocycles. The number of rotatable bonds is 2. The summed E-state index contributed by atoms with van der Waals surface area (Å²) in [4.78, 5) is 28.7. The van der Waals surface area contributed by atoms with E-state index in [1.54, 1.807) is 4.90 Å². The third-order valence-corrected chi connectivity index (χ3v) is 5.87. The third-order valence-electron chi connectivity index (χ3n) is 5.87. The highest BCUT2D eigenvalue weighted by Gasteiger charge is 2.38. The third kappa shape index (κ3) is 3.69. The molecule has 27 heavy (non-hydrogen) atoms. The molecule has 0 atom stereocenters. The molecule has 3 aliphatic rings. The molecule has 7 heteroatoms. The Kier molecular flexibility index (Phi) is 4.64. The Morgan fingerprint density at radius 3 is 2.22 bits per heavy atom. The topological polar surface area (TPSA) is 40.6 Å². The number of hydrogen-bond acceptors (Lipinski definition) is 2.